The highest BCUT2D eigenvalue weighted by Gasteiger charge is 2.14. The maximum absolute atomic E-state index is 12.6. The van der Waals surface area contributed by atoms with Gasteiger partial charge in [0.25, 0.3) is 11.8 Å². The summed E-state index contributed by atoms with van der Waals surface area (Å²) in [5.41, 5.74) is 2.72. The molecule has 0 unspecified atom stereocenters. The predicted molar refractivity (Wildman–Crippen MR) is 121 cm³/mol. The van der Waals surface area contributed by atoms with Gasteiger partial charge in [-0.05, 0) is 61.9 Å². The fraction of sp³-hybridized carbons (Fsp3) is 0.0952. The lowest BCUT2D eigenvalue weighted by Crippen LogP contribution is -2.11. The van der Waals surface area contributed by atoms with E-state index >= 15 is 0 Å². The second-order valence-electron chi connectivity index (χ2n) is 6.38. The topological polar surface area (TPSA) is 84.2 Å². The average Bonchev–Trinajstić information content (AvgIpc) is 3.46. The van der Waals surface area contributed by atoms with Crippen LogP contribution in [-0.4, -0.2) is 16.8 Å². The molecule has 0 aliphatic heterocycles. The first-order chi connectivity index (χ1) is 14.5. The second kappa shape index (κ2) is 8.86. The summed E-state index contributed by atoms with van der Waals surface area (Å²) >= 11 is 4.42. The summed E-state index contributed by atoms with van der Waals surface area (Å²) in [7, 11) is 0. The van der Waals surface area contributed by atoms with Gasteiger partial charge in [-0.3, -0.25) is 9.59 Å². The van der Waals surface area contributed by atoms with Gasteiger partial charge in [-0.1, -0.05) is 11.8 Å². The van der Waals surface area contributed by atoms with E-state index < -0.39 is 0 Å². The van der Waals surface area contributed by atoms with Crippen LogP contribution in [0.2, 0.25) is 0 Å². The molecule has 0 aliphatic rings. The van der Waals surface area contributed by atoms with Crippen LogP contribution in [-0.2, 0) is 0 Å². The highest BCUT2D eigenvalue weighted by Crippen LogP contribution is 2.32. The molecule has 0 saturated heterocycles. The van der Waals surface area contributed by atoms with Gasteiger partial charge in [0.05, 0.1) is 16.1 Å². The summed E-state index contributed by atoms with van der Waals surface area (Å²) in [5, 5.41) is 8.26. The predicted octanol–water partition coefficient (Wildman–Crippen LogP) is 6.07. The molecular formula is C21H17N3O3S3. The van der Waals surface area contributed by atoms with Gasteiger partial charge >= 0.3 is 0 Å². The van der Waals surface area contributed by atoms with Gasteiger partial charge in [-0.2, -0.15) is 0 Å². The summed E-state index contributed by atoms with van der Waals surface area (Å²) in [6.07, 6.45) is 1.44. The molecule has 0 atom stereocenters. The lowest BCUT2D eigenvalue weighted by Gasteiger charge is -2.09. The Balaban J connectivity index is 1.40. The van der Waals surface area contributed by atoms with Gasteiger partial charge in [0.1, 0.15) is 0 Å². The van der Waals surface area contributed by atoms with Gasteiger partial charge in [-0.15, -0.1) is 22.7 Å². The molecular weight excluding hydrogens is 438 g/mol. The molecule has 9 heteroatoms. The number of carbonyl (C=O) groups excluding carboxylic acids is 2. The molecule has 0 aliphatic carbocycles. The van der Waals surface area contributed by atoms with Crippen LogP contribution in [0.25, 0.3) is 0 Å². The fourth-order valence-corrected chi connectivity index (χ4v) is 5.32. The van der Waals surface area contributed by atoms with Crippen LogP contribution in [0.1, 0.15) is 31.5 Å². The molecule has 3 aromatic heterocycles. The van der Waals surface area contributed by atoms with E-state index in [4.69, 9.17) is 4.42 Å². The van der Waals surface area contributed by atoms with E-state index in [-0.39, 0.29) is 17.6 Å². The maximum atomic E-state index is 12.6. The number of amides is 2. The Labute approximate surface area is 185 Å². The molecule has 2 N–H and O–H groups in total. The first-order valence-electron chi connectivity index (χ1n) is 8.94. The van der Waals surface area contributed by atoms with Crippen molar-refractivity contribution in [3.8, 4) is 0 Å². The van der Waals surface area contributed by atoms with Crippen molar-refractivity contribution >= 4 is 56.9 Å². The number of nitrogens with zero attached hydrogens (tertiary/aromatic N) is 1. The van der Waals surface area contributed by atoms with E-state index in [9.17, 15) is 9.59 Å². The Morgan fingerprint density at radius 2 is 1.93 bits per heavy atom. The van der Waals surface area contributed by atoms with Gasteiger partial charge in [0.2, 0.25) is 0 Å². The normalized spacial score (nSPS) is 10.7. The van der Waals surface area contributed by atoms with Crippen LogP contribution in [0.5, 0.6) is 0 Å². The van der Waals surface area contributed by atoms with Crippen LogP contribution in [0.15, 0.2) is 67.8 Å². The van der Waals surface area contributed by atoms with Crippen molar-refractivity contribution < 1.29 is 14.0 Å². The van der Waals surface area contributed by atoms with Crippen LogP contribution in [0, 0.1) is 13.8 Å². The highest BCUT2D eigenvalue weighted by molar-refractivity contribution is 8.01. The van der Waals surface area contributed by atoms with Crippen LogP contribution in [0.3, 0.4) is 0 Å². The largest absolute Gasteiger partial charge is 0.459 e. The molecule has 3 heterocycles. The summed E-state index contributed by atoms with van der Waals surface area (Å²) in [6, 6.07) is 12.5. The van der Waals surface area contributed by atoms with Crippen molar-refractivity contribution in [3.63, 3.8) is 0 Å². The number of aromatic nitrogens is 1. The molecule has 0 spiro atoms. The Kier molecular flexibility index (Phi) is 6.03. The molecule has 6 nitrogen and oxygen atoms in total. The number of furan rings is 1. The van der Waals surface area contributed by atoms with Gasteiger partial charge in [0, 0.05) is 21.7 Å². The number of hydrogen-bond donors (Lipinski definition) is 2. The Bertz CT molecular complexity index is 1200. The first kappa shape index (κ1) is 20.4. The molecule has 0 saturated carbocycles. The zero-order chi connectivity index (χ0) is 21.1. The summed E-state index contributed by atoms with van der Waals surface area (Å²) in [5.74, 6) is -0.360. The van der Waals surface area contributed by atoms with Crippen LogP contribution in [0.4, 0.5) is 10.7 Å². The highest BCUT2D eigenvalue weighted by atomic mass is 32.2. The summed E-state index contributed by atoms with van der Waals surface area (Å²) in [6.45, 7) is 3.93. The summed E-state index contributed by atoms with van der Waals surface area (Å²) < 4.78 is 6.06. The Morgan fingerprint density at radius 3 is 2.63 bits per heavy atom. The lowest BCUT2D eigenvalue weighted by molar-refractivity contribution is 0.0995. The number of benzene rings is 1. The minimum Gasteiger partial charge on any atom is -0.459 e. The minimum atomic E-state index is -0.354. The van der Waals surface area contributed by atoms with E-state index in [2.05, 4.69) is 15.6 Å². The number of aryl methyl sites for hydroxylation is 2. The van der Waals surface area contributed by atoms with E-state index in [0.29, 0.717) is 9.88 Å². The number of carbonyl (C=O) groups is 2. The molecule has 0 fully saturated rings. The van der Waals surface area contributed by atoms with E-state index in [1.165, 1.54) is 17.6 Å². The molecule has 1 aromatic carbocycles. The number of anilines is 2. The zero-order valence-corrected chi connectivity index (χ0v) is 18.5. The number of hydrogen-bond acceptors (Lipinski definition) is 7. The second-order valence-corrected chi connectivity index (χ2v) is 9.65. The third kappa shape index (κ3) is 4.81. The molecule has 2 amide bonds. The van der Waals surface area contributed by atoms with Crippen molar-refractivity contribution in [3.05, 3.63) is 76.0 Å². The fourth-order valence-electron chi connectivity index (χ4n) is 2.61. The Hall–Kier alpha value is -2.88. The van der Waals surface area contributed by atoms with Crippen LogP contribution < -0.4 is 10.6 Å². The van der Waals surface area contributed by atoms with Gasteiger partial charge < -0.3 is 15.1 Å². The SMILES string of the molecule is Cc1csc(Sc2ccc(NC(=O)c3ccc(NC(=O)c4ccco4)s3)c(C)c2)n1. The van der Waals surface area contributed by atoms with E-state index in [1.54, 1.807) is 47.4 Å². The lowest BCUT2D eigenvalue weighted by atomic mass is 10.2. The maximum Gasteiger partial charge on any atom is 0.291 e. The minimum absolute atomic E-state index is 0.218. The molecule has 4 aromatic rings. The third-order valence-corrected chi connectivity index (χ3v) is 7.11. The smallest absolute Gasteiger partial charge is 0.291 e. The molecule has 4 rings (SSSR count). The van der Waals surface area contributed by atoms with Gasteiger partial charge in [-0.25, -0.2) is 4.98 Å². The van der Waals surface area contributed by atoms with Crippen molar-refractivity contribution in [1.82, 2.24) is 4.98 Å². The van der Waals surface area contributed by atoms with Crippen molar-refractivity contribution in [2.75, 3.05) is 10.6 Å². The number of nitrogens with one attached hydrogen (secondary N) is 2. The van der Waals surface area contributed by atoms with Crippen molar-refractivity contribution in [1.29, 1.82) is 0 Å². The van der Waals surface area contributed by atoms with Crippen LogP contribution >= 0.6 is 34.4 Å². The average molecular weight is 456 g/mol. The summed E-state index contributed by atoms with van der Waals surface area (Å²) in [4.78, 5) is 30.7. The number of thiophene rings is 1. The van der Waals surface area contributed by atoms with Gasteiger partial charge in [0.15, 0.2) is 10.1 Å². The Morgan fingerprint density at radius 1 is 1.07 bits per heavy atom. The number of thiazole rings is 1. The first-order valence-corrected chi connectivity index (χ1v) is 11.5. The van der Waals surface area contributed by atoms with E-state index in [1.807, 2.05) is 37.4 Å². The quantitative estimate of drug-likeness (QED) is 0.369. The van der Waals surface area contributed by atoms with E-state index in [0.717, 1.165) is 26.2 Å². The molecule has 30 heavy (non-hydrogen) atoms. The standard InChI is InChI=1S/C21H17N3O3S3/c1-12-10-14(29-21-22-13(2)11-28-21)5-6-15(12)23-20(26)17-7-8-18(30-17)24-19(25)16-4-3-9-27-16/h3-11H,1-2H3,(H,23,26)(H,24,25). The monoisotopic (exact) mass is 455 g/mol. The zero-order valence-electron chi connectivity index (χ0n) is 16.1. The molecule has 0 radical (unpaired) electrons. The molecule has 152 valence electrons. The van der Waals surface area contributed by atoms with Crippen molar-refractivity contribution in [2.45, 2.75) is 23.1 Å². The van der Waals surface area contributed by atoms with Crippen molar-refractivity contribution in [2.24, 2.45) is 0 Å². The number of rotatable bonds is 6. The molecule has 0 bridgehead atoms. The third-order valence-electron chi connectivity index (χ3n) is 4.06.